The standard InChI is InChI=1S/C19H18Br2N2O3S/c20-16-10-14(19(27)22-8-2-1-3-9-22)11-17(21)18(16)26-12-13-4-6-15(7-5-13)23(24)25/h4-7,10-11H,1-3,8-9,12H2. The number of piperidine rings is 1. The van der Waals surface area contributed by atoms with Crippen molar-refractivity contribution in [1.29, 1.82) is 0 Å². The lowest BCUT2D eigenvalue weighted by Gasteiger charge is -2.29. The summed E-state index contributed by atoms with van der Waals surface area (Å²) in [6.07, 6.45) is 3.62. The molecule has 0 N–H and O–H groups in total. The van der Waals surface area contributed by atoms with E-state index in [-0.39, 0.29) is 5.69 Å². The summed E-state index contributed by atoms with van der Waals surface area (Å²) in [7, 11) is 0. The Hall–Kier alpha value is -1.51. The molecule has 8 heteroatoms. The molecular formula is C19H18Br2N2O3S. The summed E-state index contributed by atoms with van der Waals surface area (Å²) >= 11 is 12.8. The van der Waals surface area contributed by atoms with Gasteiger partial charge in [-0.25, -0.2) is 0 Å². The average molecular weight is 514 g/mol. The minimum Gasteiger partial charge on any atom is -0.487 e. The second kappa shape index (κ2) is 9.12. The Kier molecular flexibility index (Phi) is 6.83. The molecule has 0 spiro atoms. The van der Waals surface area contributed by atoms with Crippen LogP contribution in [0.1, 0.15) is 30.4 Å². The number of likely N-dealkylation sites (tertiary alicyclic amines) is 1. The van der Waals surface area contributed by atoms with Crippen molar-refractivity contribution in [3.05, 3.63) is 66.6 Å². The van der Waals surface area contributed by atoms with Crippen molar-refractivity contribution in [2.45, 2.75) is 25.9 Å². The Labute approximate surface area is 180 Å². The minimum atomic E-state index is -0.415. The number of nitro groups is 1. The molecule has 3 rings (SSSR count). The second-order valence-corrected chi connectivity index (χ2v) is 8.43. The SMILES string of the molecule is O=[N+]([O-])c1ccc(COc2c(Br)cc(C(=S)N3CCCCC3)cc2Br)cc1. The molecule has 1 aliphatic rings. The van der Waals surface area contributed by atoms with Crippen LogP contribution in [0.5, 0.6) is 5.75 Å². The number of halogens is 2. The predicted octanol–water partition coefficient (Wildman–Crippen LogP) is 5.86. The van der Waals surface area contributed by atoms with E-state index in [1.54, 1.807) is 12.1 Å². The molecule has 1 aliphatic heterocycles. The Morgan fingerprint density at radius 3 is 2.26 bits per heavy atom. The number of thiocarbonyl (C=S) groups is 1. The van der Waals surface area contributed by atoms with E-state index in [1.165, 1.54) is 31.4 Å². The highest BCUT2D eigenvalue weighted by molar-refractivity contribution is 9.11. The molecule has 142 valence electrons. The van der Waals surface area contributed by atoms with Crippen LogP contribution in [-0.4, -0.2) is 27.9 Å². The number of rotatable bonds is 5. The molecule has 5 nitrogen and oxygen atoms in total. The maximum absolute atomic E-state index is 10.7. The molecular weight excluding hydrogens is 496 g/mol. The van der Waals surface area contributed by atoms with E-state index in [4.69, 9.17) is 17.0 Å². The van der Waals surface area contributed by atoms with Crippen LogP contribution in [0.25, 0.3) is 0 Å². The fourth-order valence-electron chi connectivity index (χ4n) is 2.97. The molecule has 0 saturated carbocycles. The molecule has 0 atom stereocenters. The highest BCUT2D eigenvalue weighted by Gasteiger charge is 2.18. The van der Waals surface area contributed by atoms with Crippen molar-refractivity contribution in [3.63, 3.8) is 0 Å². The number of ether oxygens (including phenoxy) is 1. The van der Waals surface area contributed by atoms with Crippen molar-refractivity contribution in [3.8, 4) is 5.75 Å². The topological polar surface area (TPSA) is 55.6 Å². The lowest BCUT2D eigenvalue weighted by molar-refractivity contribution is -0.384. The van der Waals surface area contributed by atoms with Gasteiger partial charge in [0.2, 0.25) is 0 Å². The molecule has 0 bridgehead atoms. The molecule has 1 saturated heterocycles. The third kappa shape index (κ3) is 5.06. The van der Waals surface area contributed by atoms with Gasteiger partial charge in [-0.15, -0.1) is 0 Å². The first-order valence-electron chi connectivity index (χ1n) is 8.60. The van der Waals surface area contributed by atoms with Gasteiger partial charge in [-0.2, -0.15) is 0 Å². The van der Waals surface area contributed by atoms with Crippen molar-refractivity contribution in [2.75, 3.05) is 13.1 Å². The maximum atomic E-state index is 10.7. The van der Waals surface area contributed by atoms with Gasteiger partial charge in [0.25, 0.3) is 5.69 Å². The van der Waals surface area contributed by atoms with Gasteiger partial charge in [0.15, 0.2) is 0 Å². The molecule has 0 amide bonds. The van der Waals surface area contributed by atoms with Gasteiger partial charge in [-0.05, 0) is 81.0 Å². The molecule has 2 aromatic rings. The first-order chi connectivity index (χ1) is 13.0. The molecule has 0 aromatic heterocycles. The molecule has 0 radical (unpaired) electrons. The summed E-state index contributed by atoms with van der Waals surface area (Å²) < 4.78 is 7.54. The molecule has 27 heavy (non-hydrogen) atoms. The van der Waals surface area contributed by atoms with Gasteiger partial charge < -0.3 is 9.64 Å². The summed E-state index contributed by atoms with van der Waals surface area (Å²) in [6.45, 7) is 2.32. The van der Waals surface area contributed by atoms with Gasteiger partial charge in [-0.1, -0.05) is 12.2 Å². The van der Waals surface area contributed by atoms with Crippen LogP contribution in [0.4, 0.5) is 5.69 Å². The Bertz CT molecular complexity index is 830. The third-order valence-electron chi connectivity index (χ3n) is 4.42. The van der Waals surface area contributed by atoms with Crippen molar-refractivity contribution in [2.24, 2.45) is 0 Å². The largest absolute Gasteiger partial charge is 0.487 e. The van der Waals surface area contributed by atoms with Gasteiger partial charge in [0.1, 0.15) is 17.3 Å². The summed E-state index contributed by atoms with van der Waals surface area (Å²) in [5.74, 6) is 0.679. The average Bonchev–Trinajstić information content (AvgIpc) is 2.67. The van der Waals surface area contributed by atoms with Gasteiger partial charge >= 0.3 is 0 Å². The lowest BCUT2D eigenvalue weighted by atomic mass is 10.1. The van der Waals surface area contributed by atoms with Crippen LogP contribution in [0.2, 0.25) is 0 Å². The fraction of sp³-hybridized carbons (Fsp3) is 0.316. The van der Waals surface area contributed by atoms with E-state index in [0.717, 1.165) is 38.2 Å². The summed E-state index contributed by atoms with van der Waals surface area (Å²) in [4.78, 5) is 13.4. The summed E-state index contributed by atoms with van der Waals surface area (Å²) in [5, 5.41) is 10.7. The number of hydrogen-bond donors (Lipinski definition) is 0. The number of non-ortho nitro benzene ring substituents is 1. The van der Waals surface area contributed by atoms with Crippen LogP contribution >= 0.6 is 44.1 Å². The van der Waals surface area contributed by atoms with Crippen LogP contribution < -0.4 is 4.74 Å². The van der Waals surface area contributed by atoms with E-state index < -0.39 is 4.92 Å². The highest BCUT2D eigenvalue weighted by Crippen LogP contribution is 2.36. The zero-order valence-corrected chi connectivity index (χ0v) is 18.5. The smallest absolute Gasteiger partial charge is 0.269 e. The molecule has 0 unspecified atom stereocenters. The normalized spacial score (nSPS) is 14.1. The Morgan fingerprint density at radius 1 is 1.11 bits per heavy atom. The zero-order valence-electron chi connectivity index (χ0n) is 14.5. The number of nitrogens with zero attached hydrogens (tertiary/aromatic N) is 2. The second-order valence-electron chi connectivity index (χ2n) is 6.33. The third-order valence-corrected chi connectivity index (χ3v) is 6.09. The maximum Gasteiger partial charge on any atom is 0.269 e. The highest BCUT2D eigenvalue weighted by atomic mass is 79.9. The van der Waals surface area contributed by atoms with Crippen molar-refractivity contribution in [1.82, 2.24) is 4.90 Å². The van der Waals surface area contributed by atoms with E-state index in [0.29, 0.717) is 12.4 Å². The van der Waals surface area contributed by atoms with E-state index in [2.05, 4.69) is 36.8 Å². The van der Waals surface area contributed by atoms with Crippen LogP contribution in [0.15, 0.2) is 45.3 Å². The zero-order chi connectivity index (χ0) is 19.4. The summed E-state index contributed by atoms with van der Waals surface area (Å²) in [5.41, 5.74) is 1.90. The minimum absolute atomic E-state index is 0.0664. The van der Waals surface area contributed by atoms with Crippen molar-refractivity contribution < 1.29 is 9.66 Å². The van der Waals surface area contributed by atoms with Crippen molar-refractivity contribution >= 4 is 54.8 Å². The Balaban J connectivity index is 1.71. The van der Waals surface area contributed by atoms with Gasteiger partial charge in [0.05, 0.1) is 13.9 Å². The number of hydrogen-bond acceptors (Lipinski definition) is 4. The molecule has 1 heterocycles. The monoisotopic (exact) mass is 512 g/mol. The first kappa shape index (κ1) is 20.2. The lowest BCUT2D eigenvalue weighted by Crippen LogP contribution is -2.34. The van der Waals surface area contributed by atoms with E-state index >= 15 is 0 Å². The predicted molar refractivity (Wildman–Crippen MR) is 116 cm³/mol. The number of benzene rings is 2. The summed E-state index contributed by atoms with van der Waals surface area (Å²) in [6, 6.07) is 10.3. The molecule has 0 aliphatic carbocycles. The van der Waals surface area contributed by atoms with E-state index in [1.807, 2.05) is 12.1 Å². The van der Waals surface area contributed by atoms with Crippen LogP contribution in [-0.2, 0) is 6.61 Å². The van der Waals surface area contributed by atoms with Crippen LogP contribution in [0, 0.1) is 10.1 Å². The van der Waals surface area contributed by atoms with Gasteiger partial charge in [0, 0.05) is 30.8 Å². The number of nitro benzene ring substituents is 1. The molecule has 2 aromatic carbocycles. The fourth-order valence-corrected chi connectivity index (χ4v) is 4.69. The Morgan fingerprint density at radius 2 is 1.70 bits per heavy atom. The van der Waals surface area contributed by atoms with E-state index in [9.17, 15) is 10.1 Å². The molecule has 1 fully saturated rings. The van der Waals surface area contributed by atoms with Gasteiger partial charge in [-0.3, -0.25) is 10.1 Å². The van der Waals surface area contributed by atoms with Crippen LogP contribution in [0.3, 0.4) is 0 Å². The first-order valence-corrected chi connectivity index (χ1v) is 10.6. The quantitative estimate of drug-likeness (QED) is 0.284.